The van der Waals surface area contributed by atoms with Crippen LogP contribution in [0.4, 0.5) is 17.6 Å². The summed E-state index contributed by atoms with van der Waals surface area (Å²) in [5.74, 6) is -0.982. The molecule has 28 heavy (non-hydrogen) atoms. The third-order valence-electron chi connectivity index (χ3n) is 4.41. The average molecular weight is 484 g/mol. The number of unbranched alkanes of at least 4 members (excludes halogenated alkanes) is 1. The normalized spacial score (nSPS) is 16.3. The van der Waals surface area contributed by atoms with Crippen LogP contribution in [0.5, 0.6) is 0 Å². The fraction of sp³-hybridized carbons (Fsp3) is 0.421. The van der Waals surface area contributed by atoms with Gasteiger partial charge in [0.2, 0.25) is 0 Å². The Balaban J connectivity index is 2.19. The molecule has 1 aliphatic heterocycles. The van der Waals surface area contributed by atoms with Crippen molar-refractivity contribution >= 4 is 33.4 Å². The number of carbonyl (C=O) groups is 1. The molecule has 1 saturated heterocycles. The van der Waals surface area contributed by atoms with Crippen molar-refractivity contribution in [1.29, 1.82) is 0 Å². The van der Waals surface area contributed by atoms with E-state index in [-0.39, 0.29) is 41.2 Å². The maximum Gasteiger partial charge on any atom is 0.415 e. The van der Waals surface area contributed by atoms with Gasteiger partial charge in [0.1, 0.15) is 5.82 Å². The summed E-state index contributed by atoms with van der Waals surface area (Å²) in [6, 6.07) is 3.47. The highest BCUT2D eigenvalue weighted by atomic mass is 79.9. The van der Waals surface area contributed by atoms with E-state index in [0.717, 1.165) is 12.1 Å². The number of nitrogens with zero attached hydrogens (tertiary/aromatic N) is 2. The van der Waals surface area contributed by atoms with Gasteiger partial charge >= 0.3 is 6.18 Å². The van der Waals surface area contributed by atoms with Gasteiger partial charge in [-0.1, -0.05) is 31.5 Å². The zero-order chi connectivity index (χ0) is 21.1. The number of rotatable bonds is 5. The Kier molecular flexibility index (Phi) is 7.56. The minimum atomic E-state index is -4.46. The number of carbonyl (C=O) groups excluding carboxylic acids is 1. The lowest BCUT2D eigenvalue weighted by molar-refractivity contribution is -0.0955. The van der Waals surface area contributed by atoms with Gasteiger partial charge in [0, 0.05) is 18.8 Å². The molecule has 0 bridgehead atoms. The van der Waals surface area contributed by atoms with Crippen molar-refractivity contribution in [1.82, 2.24) is 9.80 Å². The van der Waals surface area contributed by atoms with Crippen molar-refractivity contribution in [2.24, 2.45) is 0 Å². The van der Waals surface area contributed by atoms with E-state index in [1.54, 1.807) is 0 Å². The number of allylic oxidation sites excluding steroid dienone is 1. The Labute approximate surface area is 174 Å². The zero-order valence-electron chi connectivity index (χ0n) is 15.3. The predicted molar refractivity (Wildman–Crippen MR) is 105 cm³/mol. The first-order chi connectivity index (χ1) is 13.1. The summed E-state index contributed by atoms with van der Waals surface area (Å²) < 4.78 is 53.4. The third-order valence-corrected chi connectivity index (χ3v) is 5.63. The summed E-state index contributed by atoms with van der Waals surface area (Å²) >= 11 is 9.03. The summed E-state index contributed by atoms with van der Waals surface area (Å²) in [5, 5.41) is -0.0157. The summed E-state index contributed by atoms with van der Waals surface area (Å²) in [5.41, 5.74) is -0.155. The van der Waals surface area contributed by atoms with Gasteiger partial charge in [0.15, 0.2) is 0 Å². The molecule has 1 aliphatic rings. The summed E-state index contributed by atoms with van der Waals surface area (Å²) in [7, 11) is 0. The highest BCUT2D eigenvalue weighted by molar-refractivity contribution is 9.11. The molecule has 0 unspecified atom stereocenters. The number of hydrogen-bond acceptors (Lipinski definition) is 2. The Morgan fingerprint density at radius 3 is 2.54 bits per heavy atom. The summed E-state index contributed by atoms with van der Waals surface area (Å²) in [4.78, 5) is 15.5. The first-order valence-corrected chi connectivity index (χ1v) is 9.88. The monoisotopic (exact) mass is 482 g/mol. The van der Waals surface area contributed by atoms with Crippen LogP contribution in [0, 0.1) is 5.82 Å². The van der Waals surface area contributed by atoms with E-state index in [9.17, 15) is 22.4 Å². The van der Waals surface area contributed by atoms with Gasteiger partial charge in [-0.3, -0.25) is 4.79 Å². The lowest BCUT2D eigenvalue weighted by Crippen LogP contribution is -2.46. The van der Waals surface area contributed by atoms with Crippen molar-refractivity contribution < 1.29 is 22.4 Å². The molecule has 0 N–H and O–H groups in total. The molecule has 0 spiro atoms. The average Bonchev–Trinajstić information content (AvgIpc) is 2.60. The molecule has 0 saturated carbocycles. The Bertz CT molecular complexity index is 795. The van der Waals surface area contributed by atoms with Crippen LogP contribution in [0.3, 0.4) is 0 Å². The molecule has 0 aromatic heterocycles. The topological polar surface area (TPSA) is 23.6 Å². The van der Waals surface area contributed by atoms with Crippen LogP contribution in [0.15, 0.2) is 40.7 Å². The standard InChI is InChI=1S/C19H20BrClF4N2O/c1-3-4-5-15(19(23,24)25)17(20)27-9-8-26(11-12(27)2)18(28)14-7-6-13(22)10-16(14)21/h6-7,10H,2-5,8-9,11H2,1H3. The molecule has 1 aromatic rings. The van der Waals surface area contributed by atoms with Crippen molar-refractivity contribution in [2.75, 3.05) is 19.6 Å². The van der Waals surface area contributed by atoms with E-state index >= 15 is 0 Å². The van der Waals surface area contributed by atoms with E-state index in [1.807, 2.05) is 6.92 Å². The van der Waals surface area contributed by atoms with Crippen molar-refractivity contribution in [3.8, 4) is 0 Å². The number of hydrogen-bond donors (Lipinski definition) is 0. The fourth-order valence-corrected chi connectivity index (χ4v) is 3.98. The van der Waals surface area contributed by atoms with Gasteiger partial charge in [0.25, 0.3) is 5.91 Å². The number of halogens is 6. The molecule has 154 valence electrons. The maximum absolute atomic E-state index is 13.4. The van der Waals surface area contributed by atoms with E-state index in [2.05, 4.69) is 22.5 Å². The van der Waals surface area contributed by atoms with Crippen LogP contribution >= 0.6 is 27.5 Å². The molecule has 3 nitrogen and oxygen atoms in total. The molecule has 9 heteroatoms. The van der Waals surface area contributed by atoms with Crippen LogP contribution in [0.1, 0.15) is 36.5 Å². The minimum Gasteiger partial charge on any atom is -0.336 e. The lowest BCUT2D eigenvalue weighted by Gasteiger charge is -2.38. The van der Waals surface area contributed by atoms with Gasteiger partial charge < -0.3 is 9.80 Å². The molecule has 2 rings (SSSR count). The van der Waals surface area contributed by atoms with E-state index in [0.29, 0.717) is 18.5 Å². The van der Waals surface area contributed by atoms with Gasteiger partial charge in [-0.05, 0) is 47.0 Å². The second-order valence-electron chi connectivity index (χ2n) is 6.44. The maximum atomic E-state index is 13.4. The largest absolute Gasteiger partial charge is 0.415 e. The molecule has 1 aromatic carbocycles. The van der Waals surface area contributed by atoms with Gasteiger partial charge in [-0.2, -0.15) is 13.2 Å². The minimum absolute atomic E-state index is 0.0157. The van der Waals surface area contributed by atoms with Crippen LogP contribution in [0.2, 0.25) is 5.02 Å². The van der Waals surface area contributed by atoms with Crippen LogP contribution in [-0.4, -0.2) is 41.5 Å². The first-order valence-electron chi connectivity index (χ1n) is 8.71. The lowest BCUT2D eigenvalue weighted by atomic mass is 10.1. The molecule has 1 heterocycles. The molecule has 0 atom stereocenters. The first kappa shape index (κ1) is 22.7. The molecule has 0 radical (unpaired) electrons. The van der Waals surface area contributed by atoms with E-state index in [4.69, 9.17) is 11.6 Å². The second-order valence-corrected chi connectivity index (χ2v) is 7.60. The van der Waals surface area contributed by atoms with Crippen molar-refractivity contribution in [3.63, 3.8) is 0 Å². The van der Waals surface area contributed by atoms with Crippen LogP contribution < -0.4 is 0 Å². The third kappa shape index (κ3) is 5.29. The molecule has 1 fully saturated rings. The summed E-state index contributed by atoms with van der Waals surface area (Å²) in [6.07, 6.45) is -3.50. The Morgan fingerprint density at radius 2 is 2.00 bits per heavy atom. The smallest absolute Gasteiger partial charge is 0.336 e. The SMILES string of the molecule is C=C1CN(C(=O)c2ccc(F)cc2Cl)CCN1C(Br)=C(CCCC)C(F)(F)F. The highest BCUT2D eigenvalue weighted by Gasteiger charge is 2.38. The Morgan fingerprint density at radius 1 is 1.32 bits per heavy atom. The van der Waals surface area contributed by atoms with Crippen LogP contribution in [0.25, 0.3) is 0 Å². The van der Waals surface area contributed by atoms with Crippen molar-refractivity contribution in [2.45, 2.75) is 32.4 Å². The van der Waals surface area contributed by atoms with Crippen LogP contribution in [-0.2, 0) is 0 Å². The number of piperazine rings is 1. The fourth-order valence-electron chi connectivity index (χ4n) is 2.89. The van der Waals surface area contributed by atoms with Crippen molar-refractivity contribution in [3.05, 3.63) is 57.1 Å². The van der Waals surface area contributed by atoms with Gasteiger partial charge in [0.05, 0.1) is 27.3 Å². The molecular weight excluding hydrogens is 464 g/mol. The van der Waals surface area contributed by atoms with E-state index in [1.165, 1.54) is 15.9 Å². The van der Waals surface area contributed by atoms with Gasteiger partial charge in [-0.15, -0.1) is 0 Å². The quantitative estimate of drug-likeness (QED) is 0.373. The number of amides is 1. The number of benzene rings is 1. The van der Waals surface area contributed by atoms with E-state index < -0.39 is 23.5 Å². The predicted octanol–water partition coefficient (Wildman–Crippen LogP) is 6.11. The summed E-state index contributed by atoms with van der Waals surface area (Å²) in [6.45, 7) is 6.03. The Hall–Kier alpha value is -1.54. The molecular formula is C19H20BrClF4N2O. The number of alkyl halides is 3. The molecule has 1 amide bonds. The van der Waals surface area contributed by atoms with Gasteiger partial charge in [-0.25, -0.2) is 4.39 Å². The molecule has 0 aliphatic carbocycles. The second kappa shape index (κ2) is 9.31. The zero-order valence-corrected chi connectivity index (χ0v) is 17.6. The highest BCUT2D eigenvalue weighted by Crippen LogP contribution is 2.37.